The lowest BCUT2D eigenvalue weighted by Gasteiger charge is -2.09. The van der Waals surface area contributed by atoms with Gasteiger partial charge in [0.1, 0.15) is 12.4 Å². The molecule has 6 heteroatoms. The molecule has 0 unspecified atom stereocenters. The first kappa shape index (κ1) is 14.8. The molecule has 0 bridgehead atoms. The van der Waals surface area contributed by atoms with Crippen LogP contribution in [0.4, 0.5) is 11.5 Å². The predicted octanol–water partition coefficient (Wildman–Crippen LogP) is 3.10. The van der Waals surface area contributed by atoms with Gasteiger partial charge in [-0.25, -0.2) is 4.98 Å². The van der Waals surface area contributed by atoms with Crippen LogP contribution in [0.5, 0.6) is 5.75 Å². The van der Waals surface area contributed by atoms with E-state index in [1.807, 2.05) is 31.2 Å². The Morgan fingerprint density at radius 3 is 2.86 bits per heavy atom. The van der Waals surface area contributed by atoms with Crippen LogP contribution in [0.1, 0.15) is 11.1 Å². The lowest BCUT2D eigenvalue weighted by atomic mass is 10.2. The second-order valence-corrected chi connectivity index (χ2v) is 4.67. The predicted molar refractivity (Wildman–Crippen MR) is 80.8 cm³/mol. The first-order valence-corrected chi connectivity index (χ1v) is 6.61. The highest BCUT2D eigenvalue weighted by Gasteiger charge is 2.17. The number of nitro groups is 1. The molecule has 0 aliphatic heterocycles. The average molecular weight is 287 g/mol. The molecule has 1 N–H and O–H groups in total. The van der Waals surface area contributed by atoms with E-state index in [0.717, 1.165) is 11.3 Å². The molecule has 2 aromatic rings. The molecule has 0 amide bonds. The monoisotopic (exact) mass is 287 g/mol. The van der Waals surface area contributed by atoms with Gasteiger partial charge in [-0.1, -0.05) is 12.1 Å². The molecule has 0 saturated heterocycles. The lowest BCUT2D eigenvalue weighted by Crippen LogP contribution is -2.13. The SMILES string of the molecule is Cc1cccc(OCCNc2nccc(C)c2[N+](=O)[O-])c1. The number of ether oxygens (including phenoxy) is 1. The number of benzene rings is 1. The summed E-state index contributed by atoms with van der Waals surface area (Å²) in [6.07, 6.45) is 1.55. The van der Waals surface area contributed by atoms with Crippen molar-refractivity contribution >= 4 is 11.5 Å². The van der Waals surface area contributed by atoms with E-state index in [4.69, 9.17) is 4.74 Å². The Balaban J connectivity index is 1.92. The Morgan fingerprint density at radius 1 is 1.33 bits per heavy atom. The molecule has 0 spiro atoms. The Bertz CT molecular complexity index is 644. The number of aryl methyl sites for hydroxylation is 2. The van der Waals surface area contributed by atoms with E-state index in [1.54, 1.807) is 19.2 Å². The van der Waals surface area contributed by atoms with Crippen molar-refractivity contribution in [3.05, 3.63) is 57.8 Å². The van der Waals surface area contributed by atoms with Crippen molar-refractivity contribution in [2.75, 3.05) is 18.5 Å². The number of hydrogen-bond donors (Lipinski definition) is 1. The highest BCUT2D eigenvalue weighted by atomic mass is 16.6. The maximum atomic E-state index is 11.0. The van der Waals surface area contributed by atoms with Crippen LogP contribution in [0.15, 0.2) is 36.5 Å². The van der Waals surface area contributed by atoms with Gasteiger partial charge in [-0.15, -0.1) is 0 Å². The zero-order valence-corrected chi connectivity index (χ0v) is 12.0. The van der Waals surface area contributed by atoms with Crippen LogP contribution in [0, 0.1) is 24.0 Å². The Labute approximate surface area is 122 Å². The second kappa shape index (κ2) is 6.69. The molecule has 0 atom stereocenters. The zero-order chi connectivity index (χ0) is 15.2. The molecule has 0 aliphatic carbocycles. The molecule has 1 aromatic heterocycles. The zero-order valence-electron chi connectivity index (χ0n) is 12.0. The summed E-state index contributed by atoms with van der Waals surface area (Å²) in [7, 11) is 0. The van der Waals surface area contributed by atoms with Gasteiger partial charge in [0.05, 0.1) is 11.5 Å². The fourth-order valence-electron chi connectivity index (χ4n) is 1.95. The largest absolute Gasteiger partial charge is 0.492 e. The second-order valence-electron chi connectivity index (χ2n) is 4.67. The number of hydrogen-bond acceptors (Lipinski definition) is 5. The molecule has 21 heavy (non-hydrogen) atoms. The van der Waals surface area contributed by atoms with Crippen molar-refractivity contribution in [3.63, 3.8) is 0 Å². The maximum absolute atomic E-state index is 11.0. The summed E-state index contributed by atoms with van der Waals surface area (Å²) in [4.78, 5) is 14.6. The highest BCUT2D eigenvalue weighted by molar-refractivity contribution is 5.59. The molecule has 0 saturated carbocycles. The van der Waals surface area contributed by atoms with Crippen molar-refractivity contribution in [3.8, 4) is 5.75 Å². The number of rotatable bonds is 6. The summed E-state index contributed by atoms with van der Waals surface area (Å²) < 4.78 is 5.58. The van der Waals surface area contributed by atoms with E-state index in [2.05, 4.69) is 10.3 Å². The fourth-order valence-corrected chi connectivity index (χ4v) is 1.95. The first-order chi connectivity index (χ1) is 10.1. The summed E-state index contributed by atoms with van der Waals surface area (Å²) in [6, 6.07) is 9.34. The summed E-state index contributed by atoms with van der Waals surface area (Å²) in [5.74, 6) is 1.05. The number of anilines is 1. The van der Waals surface area contributed by atoms with Crippen LogP contribution in [-0.2, 0) is 0 Å². The quantitative estimate of drug-likeness (QED) is 0.502. The summed E-state index contributed by atoms with van der Waals surface area (Å²) in [6.45, 7) is 4.51. The first-order valence-electron chi connectivity index (χ1n) is 6.61. The van der Waals surface area contributed by atoms with Gasteiger partial charge < -0.3 is 10.1 Å². The normalized spacial score (nSPS) is 10.2. The van der Waals surface area contributed by atoms with Crippen LogP contribution in [0.25, 0.3) is 0 Å². The van der Waals surface area contributed by atoms with Crippen molar-refractivity contribution in [1.82, 2.24) is 4.98 Å². The summed E-state index contributed by atoms with van der Waals surface area (Å²) in [5, 5.41) is 14.0. The van der Waals surface area contributed by atoms with Crippen LogP contribution < -0.4 is 10.1 Å². The van der Waals surface area contributed by atoms with Gasteiger partial charge in [0.15, 0.2) is 0 Å². The lowest BCUT2D eigenvalue weighted by molar-refractivity contribution is -0.384. The Morgan fingerprint density at radius 2 is 2.14 bits per heavy atom. The van der Waals surface area contributed by atoms with Crippen LogP contribution in [0.2, 0.25) is 0 Å². The minimum Gasteiger partial charge on any atom is -0.492 e. The third-order valence-corrected chi connectivity index (χ3v) is 2.96. The minimum atomic E-state index is -0.425. The molecule has 0 aliphatic rings. The van der Waals surface area contributed by atoms with E-state index >= 15 is 0 Å². The van der Waals surface area contributed by atoms with E-state index in [0.29, 0.717) is 18.7 Å². The minimum absolute atomic E-state index is 0.00746. The maximum Gasteiger partial charge on any atom is 0.314 e. The molecule has 1 heterocycles. The molecule has 0 fully saturated rings. The fraction of sp³-hybridized carbons (Fsp3) is 0.267. The summed E-state index contributed by atoms with van der Waals surface area (Å²) in [5.41, 5.74) is 1.71. The van der Waals surface area contributed by atoms with Gasteiger partial charge in [-0.2, -0.15) is 0 Å². The van der Waals surface area contributed by atoms with Crippen molar-refractivity contribution in [1.29, 1.82) is 0 Å². The highest BCUT2D eigenvalue weighted by Crippen LogP contribution is 2.25. The molecule has 0 radical (unpaired) electrons. The van der Waals surface area contributed by atoms with E-state index < -0.39 is 4.92 Å². The van der Waals surface area contributed by atoms with E-state index in [9.17, 15) is 10.1 Å². The van der Waals surface area contributed by atoms with Crippen molar-refractivity contribution in [2.24, 2.45) is 0 Å². The van der Waals surface area contributed by atoms with Crippen LogP contribution in [-0.4, -0.2) is 23.1 Å². The van der Waals surface area contributed by atoms with Crippen molar-refractivity contribution < 1.29 is 9.66 Å². The van der Waals surface area contributed by atoms with Gasteiger partial charge in [-0.3, -0.25) is 10.1 Å². The standard InChI is InChI=1S/C15H17N3O3/c1-11-4-3-5-13(10-11)21-9-8-17-15-14(18(19)20)12(2)6-7-16-15/h3-7,10H,8-9H2,1-2H3,(H,16,17). The topological polar surface area (TPSA) is 77.3 Å². The smallest absolute Gasteiger partial charge is 0.314 e. The third-order valence-electron chi connectivity index (χ3n) is 2.96. The van der Waals surface area contributed by atoms with E-state index in [1.165, 1.54) is 0 Å². The summed E-state index contributed by atoms with van der Waals surface area (Å²) >= 11 is 0. The van der Waals surface area contributed by atoms with Crippen LogP contribution in [0.3, 0.4) is 0 Å². The van der Waals surface area contributed by atoms with Crippen molar-refractivity contribution in [2.45, 2.75) is 13.8 Å². The van der Waals surface area contributed by atoms with Gasteiger partial charge in [-0.05, 0) is 37.6 Å². The molecular weight excluding hydrogens is 270 g/mol. The Hall–Kier alpha value is -2.63. The number of nitrogens with zero attached hydrogens (tertiary/aromatic N) is 2. The Kier molecular flexibility index (Phi) is 4.71. The van der Waals surface area contributed by atoms with Crippen LogP contribution >= 0.6 is 0 Å². The molecule has 110 valence electrons. The van der Waals surface area contributed by atoms with E-state index in [-0.39, 0.29) is 11.5 Å². The molecular formula is C15H17N3O3. The van der Waals surface area contributed by atoms with Gasteiger partial charge >= 0.3 is 5.69 Å². The number of pyridine rings is 1. The third kappa shape index (κ3) is 3.92. The van der Waals surface area contributed by atoms with Gasteiger partial charge in [0.25, 0.3) is 0 Å². The average Bonchev–Trinajstić information content (AvgIpc) is 2.43. The number of nitrogens with one attached hydrogen (secondary N) is 1. The van der Waals surface area contributed by atoms with Gasteiger partial charge in [0.2, 0.25) is 5.82 Å². The van der Waals surface area contributed by atoms with Gasteiger partial charge in [0, 0.05) is 11.8 Å². The molecule has 1 aromatic carbocycles. The molecule has 2 rings (SSSR count). The number of aromatic nitrogens is 1. The molecule has 6 nitrogen and oxygen atoms in total.